The second-order valence-corrected chi connectivity index (χ2v) is 4.30. The Bertz CT molecular complexity index is 592. The highest BCUT2D eigenvalue weighted by atomic mass is 35.5. The summed E-state index contributed by atoms with van der Waals surface area (Å²) in [6.07, 6.45) is 1.57. The maximum Gasteiger partial charge on any atom is 0.130 e. The lowest BCUT2D eigenvalue weighted by Crippen LogP contribution is -2.03. The van der Waals surface area contributed by atoms with Gasteiger partial charge in [-0.1, -0.05) is 23.8 Å². The van der Waals surface area contributed by atoms with Crippen LogP contribution in [0, 0.1) is 11.6 Å². The van der Waals surface area contributed by atoms with Gasteiger partial charge in [0.05, 0.1) is 17.6 Å². The van der Waals surface area contributed by atoms with E-state index in [1.165, 1.54) is 0 Å². The molecule has 0 amide bonds. The number of nitrogens with zero attached hydrogens (tertiary/aromatic N) is 2. The third-order valence-electron chi connectivity index (χ3n) is 2.21. The number of aromatic nitrogens is 2. The largest absolute Gasteiger partial charge is 0.397 e. The average molecular weight is 252 g/mol. The van der Waals surface area contributed by atoms with Gasteiger partial charge in [0, 0.05) is 5.02 Å². The van der Waals surface area contributed by atoms with Crippen LogP contribution in [0.25, 0.3) is 5.69 Å². The van der Waals surface area contributed by atoms with E-state index in [0.29, 0.717) is 10.3 Å². The first kappa shape index (κ1) is 11.1. The van der Waals surface area contributed by atoms with Crippen LogP contribution in [0.3, 0.4) is 0 Å². The van der Waals surface area contributed by atoms with Crippen molar-refractivity contribution in [3.63, 3.8) is 0 Å². The first-order valence-electron chi connectivity index (χ1n) is 4.69. The summed E-state index contributed by atoms with van der Waals surface area (Å²) in [4.78, 5) is 0. The average Bonchev–Trinajstić information content (AvgIpc) is 2.22. The van der Waals surface area contributed by atoms with Crippen molar-refractivity contribution in [1.82, 2.24) is 9.78 Å². The van der Waals surface area contributed by atoms with E-state index in [0.717, 1.165) is 16.3 Å². The van der Waals surface area contributed by atoms with Gasteiger partial charge in [-0.15, -0.1) is 0 Å². The summed E-state index contributed by atoms with van der Waals surface area (Å²) in [6, 6.07) is 7.33. The molecule has 2 N–H and O–H groups in total. The fraction of sp³-hybridized carbons (Fsp3) is 0.0909. The minimum atomic E-state index is 0.562. The molecule has 0 saturated carbocycles. The minimum absolute atomic E-state index is 0.562. The molecule has 5 heteroatoms. The van der Waals surface area contributed by atoms with Crippen LogP contribution in [-0.4, -0.2) is 9.78 Å². The molecule has 16 heavy (non-hydrogen) atoms. The molecule has 0 saturated heterocycles. The van der Waals surface area contributed by atoms with Gasteiger partial charge in [0.1, 0.15) is 4.64 Å². The summed E-state index contributed by atoms with van der Waals surface area (Å²) >= 11 is 11.1. The van der Waals surface area contributed by atoms with Crippen LogP contribution < -0.4 is 5.73 Å². The summed E-state index contributed by atoms with van der Waals surface area (Å²) in [7, 11) is 0. The smallest absolute Gasteiger partial charge is 0.130 e. The van der Waals surface area contributed by atoms with E-state index in [4.69, 9.17) is 29.6 Å². The van der Waals surface area contributed by atoms with Gasteiger partial charge in [-0.2, -0.15) is 5.10 Å². The van der Waals surface area contributed by atoms with Gasteiger partial charge in [0.2, 0.25) is 0 Å². The van der Waals surface area contributed by atoms with Gasteiger partial charge in [0.25, 0.3) is 0 Å². The van der Waals surface area contributed by atoms with E-state index in [1.54, 1.807) is 16.9 Å². The summed E-state index contributed by atoms with van der Waals surface area (Å²) < 4.78 is 2.22. The fourth-order valence-corrected chi connectivity index (χ4v) is 1.78. The van der Waals surface area contributed by atoms with Crippen molar-refractivity contribution in [2.75, 3.05) is 5.73 Å². The van der Waals surface area contributed by atoms with Crippen LogP contribution in [0.15, 0.2) is 30.5 Å². The first-order valence-corrected chi connectivity index (χ1v) is 5.48. The second-order valence-electron chi connectivity index (χ2n) is 3.47. The lowest BCUT2D eigenvalue weighted by atomic mass is 10.2. The number of hydrogen-bond donors (Lipinski definition) is 1. The highest BCUT2D eigenvalue weighted by Crippen LogP contribution is 2.18. The predicted octanol–water partition coefficient (Wildman–Crippen LogP) is 3.15. The van der Waals surface area contributed by atoms with Crippen molar-refractivity contribution >= 4 is 29.5 Å². The molecule has 1 aromatic carbocycles. The lowest BCUT2D eigenvalue weighted by molar-refractivity contribution is 0.830. The molecule has 0 atom stereocenters. The van der Waals surface area contributed by atoms with Gasteiger partial charge < -0.3 is 5.73 Å². The van der Waals surface area contributed by atoms with E-state index in [2.05, 4.69) is 5.10 Å². The third kappa shape index (κ3) is 2.08. The monoisotopic (exact) mass is 251 g/mol. The van der Waals surface area contributed by atoms with Crippen LogP contribution in [0.2, 0.25) is 5.02 Å². The molecule has 0 fully saturated rings. The number of benzene rings is 1. The minimum Gasteiger partial charge on any atom is -0.397 e. The molecule has 0 aliphatic heterocycles. The molecule has 2 aromatic rings. The second kappa shape index (κ2) is 4.23. The van der Waals surface area contributed by atoms with Crippen molar-refractivity contribution in [3.05, 3.63) is 45.7 Å². The van der Waals surface area contributed by atoms with Crippen molar-refractivity contribution in [3.8, 4) is 5.69 Å². The van der Waals surface area contributed by atoms with Crippen LogP contribution in [0.4, 0.5) is 5.69 Å². The van der Waals surface area contributed by atoms with E-state index < -0.39 is 0 Å². The molecule has 1 heterocycles. The van der Waals surface area contributed by atoms with Crippen molar-refractivity contribution in [1.29, 1.82) is 0 Å². The van der Waals surface area contributed by atoms with Crippen molar-refractivity contribution in [2.45, 2.75) is 6.92 Å². The topological polar surface area (TPSA) is 43.8 Å². The van der Waals surface area contributed by atoms with Crippen molar-refractivity contribution in [2.24, 2.45) is 0 Å². The zero-order valence-corrected chi connectivity index (χ0v) is 10.2. The highest BCUT2D eigenvalue weighted by molar-refractivity contribution is 7.71. The molecule has 0 aliphatic rings. The molecule has 3 nitrogen and oxygen atoms in total. The Hall–Kier alpha value is -1.39. The number of nitrogens with two attached hydrogens (primary N) is 1. The Labute approximate surface area is 103 Å². The van der Waals surface area contributed by atoms with Gasteiger partial charge in [-0.25, -0.2) is 4.68 Å². The molecule has 0 bridgehead atoms. The van der Waals surface area contributed by atoms with Crippen LogP contribution >= 0.6 is 23.8 Å². The number of anilines is 1. The van der Waals surface area contributed by atoms with Crippen LogP contribution in [-0.2, 0) is 0 Å². The van der Waals surface area contributed by atoms with Crippen LogP contribution in [0.1, 0.15) is 5.56 Å². The van der Waals surface area contributed by atoms with E-state index in [9.17, 15) is 0 Å². The van der Waals surface area contributed by atoms with Gasteiger partial charge in [-0.3, -0.25) is 0 Å². The van der Waals surface area contributed by atoms with Crippen LogP contribution in [0.5, 0.6) is 0 Å². The molecule has 0 unspecified atom stereocenters. The molecule has 2 rings (SSSR count). The van der Waals surface area contributed by atoms with E-state index in [1.807, 2.05) is 25.1 Å². The van der Waals surface area contributed by atoms with Gasteiger partial charge >= 0.3 is 0 Å². The number of aryl methyl sites for hydroxylation is 1. The standard InChI is InChI=1S/C11H10ClN3S/c1-7-4-9(2-3-10(7)12)15-11(16)5-8(13)6-14-15/h2-6H,13H2,1H3. The number of rotatable bonds is 1. The fourth-order valence-electron chi connectivity index (χ4n) is 1.38. The molecule has 0 radical (unpaired) electrons. The number of nitrogen functional groups attached to an aromatic ring is 1. The van der Waals surface area contributed by atoms with Gasteiger partial charge in [-0.05, 0) is 36.8 Å². The molecule has 0 aliphatic carbocycles. The van der Waals surface area contributed by atoms with Gasteiger partial charge in [0.15, 0.2) is 0 Å². The Kier molecular flexibility index (Phi) is 2.94. The Balaban J connectivity index is 2.59. The normalized spacial score (nSPS) is 10.4. The van der Waals surface area contributed by atoms with E-state index in [-0.39, 0.29) is 0 Å². The Morgan fingerprint density at radius 3 is 2.75 bits per heavy atom. The van der Waals surface area contributed by atoms with Crippen molar-refractivity contribution < 1.29 is 0 Å². The number of halogens is 1. The van der Waals surface area contributed by atoms with E-state index >= 15 is 0 Å². The predicted molar refractivity (Wildman–Crippen MR) is 68.6 cm³/mol. The lowest BCUT2D eigenvalue weighted by Gasteiger charge is -2.07. The molecule has 82 valence electrons. The third-order valence-corrected chi connectivity index (χ3v) is 2.92. The Morgan fingerprint density at radius 1 is 1.38 bits per heavy atom. The first-order chi connectivity index (χ1) is 7.58. The maximum atomic E-state index is 5.96. The zero-order valence-electron chi connectivity index (χ0n) is 8.64. The summed E-state index contributed by atoms with van der Waals surface area (Å²) in [6.45, 7) is 1.94. The highest BCUT2D eigenvalue weighted by Gasteiger charge is 2.01. The molecular weight excluding hydrogens is 242 g/mol. The number of hydrogen-bond acceptors (Lipinski definition) is 3. The molecule has 1 aromatic heterocycles. The summed E-state index contributed by atoms with van der Waals surface area (Å²) in [5.74, 6) is 0. The maximum absolute atomic E-state index is 5.96. The Morgan fingerprint density at radius 2 is 2.12 bits per heavy atom. The quantitative estimate of drug-likeness (QED) is 0.792. The SMILES string of the molecule is Cc1cc(-n2ncc(N)cc2=S)ccc1Cl. The molecular formula is C11H10ClN3S. The summed E-state index contributed by atoms with van der Waals surface area (Å²) in [5.41, 5.74) is 8.03. The summed E-state index contributed by atoms with van der Waals surface area (Å²) in [5, 5.41) is 4.89. The zero-order chi connectivity index (χ0) is 11.7. The molecule has 0 spiro atoms.